The van der Waals surface area contributed by atoms with Crippen LogP contribution in [0.2, 0.25) is 0 Å². The summed E-state index contributed by atoms with van der Waals surface area (Å²) < 4.78 is 6.83. The smallest absolute Gasteiger partial charge is 0.162 e. The molecule has 0 spiro atoms. The maximum Gasteiger partial charge on any atom is 0.162 e. The van der Waals surface area contributed by atoms with Crippen LogP contribution in [0, 0.1) is 5.92 Å². The lowest BCUT2D eigenvalue weighted by molar-refractivity contribution is 0.147. The van der Waals surface area contributed by atoms with E-state index in [1.54, 1.807) is 18.0 Å². The van der Waals surface area contributed by atoms with E-state index in [4.69, 9.17) is 4.74 Å². The van der Waals surface area contributed by atoms with E-state index in [0.717, 1.165) is 12.1 Å². The first-order chi connectivity index (χ1) is 6.72. The lowest BCUT2D eigenvalue weighted by atomic mass is 10.1. The zero-order valence-electron chi connectivity index (χ0n) is 8.60. The molecule has 1 saturated carbocycles. The molecule has 2 rings (SSSR count). The highest BCUT2D eigenvalue weighted by Crippen LogP contribution is 2.39. The lowest BCUT2D eigenvalue weighted by Crippen LogP contribution is -2.07. The number of rotatable bonds is 4. The van der Waals surface area contributed by atoms with Crippen molar-refractivity contribution in [3.8, 4) is 5.75 Å². The number of aliphatic hydroxyl groups excluding tert-OH is 1. The molecule has 1 unspecified atom stereocenters. The molecule has 1 atom stereocenters. The van der Waals surface area contributed by atoms with Gasteiger partial charge in [0.25, 0.3) is 0 Å². The van der Waals surface area contributed by atoms with Gasteiger partial charge in [0, 0.05) is 7.05 Å². The van der Waals surface area contributed by atoms with Crippen molar-refractivity contribution < 1.29 is 9.84 Å². The molecule has 78 valence electrons. The predicted octanol–water partition coefficient (Wildman–Crippen LogP) is 1.26. The molecule has 0 aliphatic heterocycles. The molecule has 1 aromatic rings. The summed E-state index contributed by atoms with van der Waals surface area (Å²) in [7, 11) is 3.43. The average Bonchev–Trinajstić information content (AvgIpc) is 2.87. The minimum atomic E-state index is -0.440. The van der Waals surface area contributed by atoms with Gasteiger partial charge in [-0.3, -0.25) is 4.68 Å². The SMILES string of the molecule is COc1cnn(C)c1C(O)CC1CC1. The number of ether oxygens (including phenoxy) is 1. The van der Waals surface area contributed by atoms with Gasteiger partial charge in [-0.05, 0) is 12.3 Å². The minimum absolute atomic E-state index is 0.440. The molecule has 0 aromatic carbocycles. The van der Waals surface area contributed by atoms with Gasteiger partial charge in [0.1, 0.15) is 5.69 Å². The van der Waals surface area contributed by atoms with Gasteiger partial charge in [-0.25, -0.2) is 0 Å². The van der Waals surface area contributed by atoms with E-state index in [1.807, 2.05) is 7.05 Å². The standard InChI is InChI=1S/C10H16N2O2/c1-12-10(9(14-2)6-11-12)8(13)5-7-3-4-7/h6-8,13H,3-5H2,1-2H3. The van der Waals surface area contributed by atoms with Crippen molar-refractivity contribution in [2.24, 2.45) is 13.0 Å². The maximum absolute atomic E-state index is 9.97. The fraction of sp³-hybridized carbons (Fsp3) is 0.700. The molecule has 0 amide bonds. The first-order valence-electron chi connectivity index (χ1n) is 4.96. The molecule has 4 heteroatoms. The largest absolute Gasteiger partial charge is 0.493 e. The Bertz CT molecular complexity index is 318. The van der Waals surface area contributed by atoms with Crippen molar-refractivity contribution in [2.45, 2.75) is 25.4 Å². The van der Waals surface area contributed by atoms with E-state index in [0.29, 0.717) is 11.7 Å². The molecular formula is C10H16N2O2. The van der Waals surface area contributed by atoms with Crippen molar-refractivity contribution in [3.63, 3.8) is 0 Å². The number of aromatic nitrogens is 2. The highest BCUT2D eigenvalue weighted by atomic mass is 16.5. The molecule has 1 heterocycles. The lowest BCUT2D eigenvalue weighted by Gasteiger charge is -2.12. The Labute approximate surface area is 83.5 Å². The van der Waals surface area contributed by atoms with Crippen LogP contribution in [0.5, 0.6) is 5.75 Å². The van der Waals surface area contributed by atoms with Crippen LogP contribution in [0.25, 0.3) is 0 Å². The molecule has 1 aliphatic carbocycles. The Morgan fingerprint density at radius 3 is 3.00 bits per heavy atom. The highest BCUT2D eigenvalue weighted by Gasteiger charge is 2.28. The van der Waals surface area contributed by atoms with Crippen molar-refractivity contribution in [1.29, 1.82) is 0 Å². The molecule has 0 radical (unpaired) electrons. The third-order valence-corrected chi connectivity index (χ3v) is 2.74. The van der Waals surface area contributed by atoms with E-state index in [9.17, 15) is 5.11 Å². The zero-order valence-corrected chi connectivity index (χ0v) is 8.60. The van der Waals surface area contributed by atoms with E-state index in [2.05, 4.69) is 5.10 Å². The number of aryl methyl sites for hydroxylation is 1. The highest BCUT2D eigenvalue weighted by molar-refractivity contribution is 5.27. The summed E-state index contributed by atoms with van der Waals surface area (Å²) in [5.41, 5.74) is 0.791. The van der Waals surface area contributed by atoms with Gasteiger partial charge in [0.15, 0.2) is 5.75 Å². The summed E-state index contributed by atoms with van der Waals surface area (Å²) in [5, 5.41) is 14.0. The zero-order chi connectivity index (χ0) is 10.1. The van der Waals surface area contributed by atoms with Crippen LogP contribution in [0.15, 0.2) is 6.20 Å². The molecule has 1 aliphatic rings. The Hall–Kier alpha value is -1.03. The maximum atomic E-state index is 9.97. The first kappa shape index (κ1) is 9.52. The third kappa shape index (κ3) is 1.75. The van der Waals surface area contributed by atoms with Crippen LogP contribution in [-0.4, -0.2) is 22.0 Å². The van der Waals surface area contributed by atoms with Gasteiger partial charge in [0.05, 0.1) is 19.4 Å². The van der Waals surface area contributed by atoms with Crippen LogP contribution >= 0.6 is 0 Å². The Kier molecular flexibility index (Phi) is 2.46. The molecule has 0 bridgehead atoms. The second-order valence-electron chi connectivity index (χ2n) is 3.92. The van der Waals surface area contributed by atoms with Gasteiger partial charge in [0.2, 0.25) is 0 Å². The van der Waals surface area contributed by atoms with Gasteiger partial charge >= 0.3 is 0 Å². The van der Waals surface area contributed by atoms with Gasteiger partial charge < -0.3 is 9.84 Å². The van der Waals surface area contributed by atoms with Crippen LogP contribution in [0.1, 0.15) is 31.1 Å². The number of hydrogen-bond acceptors (Lipinski definition) is 3. The normalized spacial score (nSPS) is 18.2. The summed E-state index contributed by atoms with van der Waals surface area (Å²) >= 11 is 0. The van der Waals surface area contributed by atoms with Crippen LogP contribution in [-0.2, 0) is 7.05 Å². The summed E-state index contributed by atoms with van der Waals surface area (Å²) in [4.78, 5) is 0. The Morgan fingerprint density at radius 2 is 2.43 bits per heavy atom. The van der Waals surface area contributed by atoms with E-state index in [-0.39, 0.29) is 0 Å². The van der Waals surface area contributed by atoms with E-state index < -0.39 is 6.10 Å². The molecule has 1 N–H and O–H groups in total. The van der Waals surface area contributed by atoms with Crippen molar-refractivity contribution in [3.05, 3.63) is 11.9 Å². The topological polar surface area (TPSA) is 47.3 Å². The van der Waals surface area contributed by atoms with Crippen LogP contribution in [0.3, 0.4) is 0 Å². The van der Waals surface area contributed by atoms with Crippen LogP contribution < -0.4 is 4.74 Å². The number of nitrogens with zero attached hydrogens (tertiary/aromatic N) is 2. The first-order valence-corrected chi connectivity index (χ1v) is 4.96. The third-order valence-electron chi connectivity index (χ3n) is 2.74. The van der Waals surface area contributed by atoms with Crippen LogP contribution in [0.4, 0.5) is 0 Å². The molecule has 1 aromatic heterocycles. The van der Waals surface area contributed by atoms with E-state index >= 15 is 0 Å². The molecule has 4 nitrogen and oxygen atoms in total. The average molecular weight is 196 g/mol. The second kappa shape index (κ2) is 3.61. The Morgan fingerprint density at radius 1 is 1.71 bits per heavy atom. The summed E-state index contributed by atoms with van der Waals surface area (Å²) in [6, 6.07) is 0. The monoisotopic (exact) mass is 196 g/mol. The van der Waals surface area contributed by atoms with Gasteiger partial charge in [-0.2, -0.15) is 5.10 Å². The van der Waals surface area contributed by atoms with Gasteiger partial charge in [-0.1, -0.05) is 12.8 Å². The predicted molar refractivity (Wildman–Crippen MR) is 52.1 cm³/mol. The molecule has 0 saturated heterocycles. The summed E-state index contributed by atoms with van der Waals surface area (Å²) in [6.45, 7) is 0. The van der Waals surface area contributed by atoms with E-state index in [1.165, 1.54) is 12.8 Å². The molecule has 14 heavy (non-hydrogen) atoms. The molecular weight excluding hydrogens is 180 g/mol. The Balaban J connectivity index is 2.14. The fourth-order valence-corrected chi connectivity index (χ4v) is 1.74. The summed E-state index contributed by atoms with van der Waals surface area (Å²) in [6.07, 6.45) is 4.53. The van der Waals surface area contributed by atoms with Crippen molar-refractivity contribution in [2.75, 3.05) is 7.11 Å². The number of aliphatic hydroxyl groups is 1. The van der Waals surface area contributed by atoms with Crippen molar-refractivity contribution >= 4 is 0 Å². The number of methoxy groups -OCH3 is 1. The quantitative estimate of drug-likeness (QED) is 0.788. The summed E-state index contributed by atoms with van der Waals surface area (Å²) in [5.74, 6) is 1.38. The van der Waals surface area contributed by atoms with Gasteiger partial charge in [-0.15, -0.1) is 0 Å². The minimum Gasteiger partial charge on any atom is -0.493 e. The van der Waals surface area contributed by atoms with Crippen molar-refractivity contribution in [1.82, 2.24) is 9.78 Å². The number of hydrogen-bond donors (Lipinski definition) is 1. The fourth-order valence-electron chi connectivity index (χ4n) is 1.74. The second-order valence-corrected chi connectivity index (χ2v) is 3.92. The molecule has 1 fully saturated rings.